The van der Waals surface area contributed by atoms with Gasteiger partial charge in [0.15, 0.2) is 0 Å². The first-order valence-electron chi connectivity index (χ1n) is 8.24. The Morgan fingerprint density at radius 2 is 1.72 bits per heavy atom. The highest BCUT2D eigenvalue weighted by atomic mass is 16.6. The van der Waals surface area contributed by atoms with Crippen molar-refractivity contribution in [3.63, 3.8) is 0 Å². The molecule has 0 N–H and O–H groups in total. The first-order chi connectivity index (χ1) is 11.8. The van der Waals surface area contributed by atoms with E-state index in [0.29, 0.717) is 12.4 Å². The van der Waals surface area contributed by atoms with Crippen molar-refractivity contribution in [2.75, 3.05) is 6.61 Å². The molecule has 132 valence electrons. The van der Waals surface area contributed by atoms with Gasteiger partial charge in [-0.05, 0) is 29.8 Å². The SMILES string of the molecule is CCO/C(CC(=O)C(C)(C)C)=N\C(=O)Oc1ccc2ccccc2c1. The minimum absolute atomic E-state index is 0.0375. The van der Waals surface area contributed by atoms with Crippen molar-refractivity contribution in [2.24, 2.45) is 10.4 Å². The number of carbonyl (C=O) groups is 2. The number of nitrogens with zero attached hydrogens (tertiary/aromatic N) is 1. The van der Waals surface area contributed by atoms with Crippen LogP contribution < -0.4 is 4.74 Å². The van der Waals surface area contributed by atoms with Crippen molar-refractivity contribution in [2.45, 2.75) is 34.1 Å². The van der Waals surface area contributed by atoms with Crippen molar-refractivity contribution in [1.82, 2.24) is 0 Å². The van der Waals surface area contributed by atoms with Crippen LogP contribution in [-0.4, -0.2) is 24.4 Å². The highest BCUT2D eigenvalue weighted by molar-refractivity contribution is 6.03. The molecule has 2 aromatic carbocycles. The number of ether oxygens (including phenoxy) is 2. The summed E-state index contributed by atoms with van der Waals surface area (Å²) in [5.41, 5.74) is -0.528. The molecule has 0 aliphatic carbocycles. The second-order valence-corrected chi connectivity index (χ2v) is 6.67. The Hall–Kier alpha value is -2.69. The van der Waals surface area contributed by atoms with E-state index in [1.807, 2.05) is 51.1 Å². The molecule has 2 rings (SSSR count). The van der Waals surface area contributed by atoms with Crippen LogP contribution in [0.1, 0.15) is 34.1 Å². The predicted octanol–water partition coefficient (Wildman–Crippen LogP) is 4.78. The molecule has 0 aliphatic heterocycles. The summed E-state index contributed by atoms with van der Waals surface area (Å²) in [5, 5.41) is 2.02. The Balaban J connectivity index is 2.12. The minimum atomic E-state index is -0.805. The van der Waals surface area contributed by atoms with Crippen LogP contribution in [-0.2, 0) is 9.53 Å². The summed E-state index contributed by atoms with van der Waals surface area (Å²) in [6.45, 7) is 7.52. The maximum atomic E-state index is 12.1. The molecule has 0 spiro atoms. The molecule has 0 radical (unpaired) electrons. The molecule has 0 fully saturated rings. The van der Waals surface area contributed by atoms with Gasteiger partial charge < -0.3 is 9.47 Å². The summed E-state index contributed by atoms with van der Waals surface area (Å²) in [4.78, 5) is 28.0. The van der Waals surface area contributed by atoms with Crippen LogP contribution in [0.25, 0.3) is 10.8 Å². The van der Waals surface area contributed by atoms with E-state index in [1.54, 1.807) is 19.1 Å². The summed E-state index contributed by atoms with van der Waals surface area (Å²) in [7, 11) is 0. The maximum absolute atomic E-state index is 12.1. The lowest BCUT2D eigenvalue weighted by atomic mass is 9.89. The van der Waals surface area contributed by atoms with Crippen LogP contribution in [0, 0.1) is 5.41 Å². The lowest BCUT2D eigenvalue weighted by Crippen LogP contribution is -2.25. The van der Waals surface area contributed by atoms with E-state index < -0.39 is 11.5 Å². The Labute approximate surface area is 147 Å². The lowest BCUT2D eigenvalue weighted by Gasteiger charge is -2.17. The highest BCUT2D eigenvalue weighted by Crippen LogP contribution is 2.21. The lowest BCUT2D eigenvalue weighted by molar-refractivity contribution is -0.125. The number of rotatable bonds is 4. The van der Waals surface area contributed by atoms with Crippen LogP contribution in [0.15, 0.2) is 47.5 Å². The number of benzene rings is 2. The van der Waals surface area contributed by atoms with E-state index in [-0.39, 0.29) is 18.1 Å². The molecule has 0 saturated carbocycles. The van der Waals surface area contributed by atoms with Gasteiger partial charge in [0.1, 0.15) is 11.5 Å². The number of hydrogen-bond acceptors (Lipinski definition) is 4. The van der Waals surface area contributed by atoms with E-state index in [9.17, 15) is 9.59 Å². The minimum Gasteiger partial charge on any atom is -0.481 e. The van der Waals surface area contributed by atoms with Crippen LogP contribution in [0.3, 0.4) is 0 Å². The monoisotopic (exact) mass is 341 g/mol. The zero-order chi connectivity index (χ0) is 18.4. The van der Waals surface area contributed by atoms with Gasteiger partial charge in [-0.15, -0.1) is 4.99 Å². The molecule has 0 aliphatic rings. The standard InChI is InChI=1S/C20H23NO4/c1-5-24-18(13-17(22)20(2,3)4)21-19(23)25-16-11-10-14-8-6-7-9-15(14)12-16/h6-12H,5,13H2,1-4H3/b21-18-. The highest BCUT2D eigenvalue weighted by Gasteiger charge is 2.24. The van der Waals surface area contributed by atoms with Gasteiger partial charge in [0.2, 0.25) is 5.90 Å². The molecule has 0 bridgehead atoms. The first-order valence-corrected chi connectivity index (χ1v) is 8.24. The van der Waals surface area contributed by atoms with Crippen LogP contribution in [0.5, 0.6) is 5.75 Å². The van der Waals surface area contributed by atoms with Gasteiger partial charge in [-0.25, -0.2) is 4.79 Å². The van der Waals surface area contributed by atoms with Crippen molar-refractivity contribution >= 4 is 28.5 Å². The van der Waals surface area contributed by atoms with Gasteiger partial charge in [-0.1, -0.05) is 51.1 Å². The fourth-order valence-electron chi connectivity index (χ4n) is 2.15. The third-order valence-electron chi connectivity index (χ3n) is 3.60. The third kappa shape index (κ3) is 5.41. The summed E-state index contributed by atoms with van der Waals surface area (Å²) < 4.78 is 10.6. The Morgan fingerprint density at radius 1 is 1.04 bits per heavy atom. The van der Waals surface area contributed by atoms with Gasteiger partial charge in [0.05, 0.1) is 13.0 Å². The van der Waals surface area contributed by atoms with E-state index in [0.717, 1.165) is 10.8 Å². The molecule has 0 aromatic heterocycles. The topological polar surface area (TPSA) is 65.0 Å². The fraction of sp³-hybridized carbons (Fsp3) is 0.350. The molecule has 0 heterocycles. The van der Waals surface area contributed by atoms with Gasteiger partial charge in [0, 0.05) is 5.41 Å². The molecule has 25 heavy (non-hydrogen) atoms. The van der Waals surface area contributed by atoms with Crippen LogP contribution >= 0.6 is 0 Å². The molecule has 0 unspecified atom stereocenters. The number of ketones is 1. The quantitative estimate of drug-likeness (QED) is 0.593. The number of aliphatic imine (C=N–C) groups is 1. The summed E-state index contributed by atoms with van der Waals surface area (Å²) >= 11 is 0. The smallest absolute Gasteiger partial charge is 0.442 e. The summed E-state index contributed by atoms with van der Waals surface area (Å²) in [5.74, 6) is 0.414. The molecule has 0 atom stereocenters. The zero-order valence-corrected chi connectivity index (χ0v) is 15.0. The molecule has 0 saturated heterocycles. The molecule has 5 nitrogen and oxygen atoms in total. The zero-order valence-electron chi connectivity index (χ0n) is 15.0. The molecular formula is C20H23NO4. The summed E-state index contributed by atoms with van der Waals surface area (Å²) in [6.07, 6.45) is -0.843. The maximum Gasteiger partial charge on any atom is 0.442 e. The first kappa shape index (κ1) is 18.6. The van der Waals surface area contributed by atoms with E-state index in [4.69, 9.17) is 9.47 Å². The van der Waals surface area contributed by atoms with Gasteiger partial charge in [-0.2, -0.15) is 0 Å². The van der Waals surface area contributed by atoms with Crippen LogP contribution in [0.2, 0.25) is 0 Å². The largest absolute Gasteiger partial charge is 0.481 e. The third-order valence-corrected chi connectivity index (χ3v) is 3.60. The number of carbonyl (C=O) groups excluding carboxylic acids is 2. The molecular weight excluding hydrogens is 318 g/mol. The summed E-state index contributed by atoms with van der Waals surface area (Å²) in [6, 6.07) is 13.1. The van der Waals surface area contributed by atoms with Gasteiger partial charge >= 0.3 is 6.09 Å². The average molecular weight is 341 g/mol. The molecule has 2 aromatic rings. The number of hydrogen-bond donors (Lipinski definition) is 0. The number of amides is 1. The van der Waals surface area contributed by atoms with Crippen molar-refractivity contribution in [3.8, 4) is 5.75 Å². The van der Waals surface area contributed by atoms with Gasteiger partial charge in [-0.3, -0.25) is 4.79 Å². The van der Waals surface area contributed by atoms with Gasteiger partial charge in [0.25, 0.3) is 0 Å². The predicted molar refractivity (Wildman–Crippen MR) is 98.1 cm³/mol. The van der Waals surface area contributed by atoms with E-state index in [2.05, 4.69) is 4.99 Å². The fourth-order valence-corrected chi connectivity index (χ4v) is 2.15. The average Bonchev–Trinajstić information content (AvgIpc) is 2.54. The van der Waals surface area contributed by atoms with E-state index in [1.165, 1.54) is 0 Å². The van der Waals surface area contributed by atoms with Crippen molar-refractivity contribution < 1.29 is 19.1 Å². The Bertz CT molecular complexity index is 803. The van der Waals surface area contributed by atoms with E-state index >= 15 is 0 Å². The van der Waals surface area contributed by atoms with Crippen LogP contribution in [0.4, 0.5) is 4.79 Å². The number of Topliss-reactive ketones (excluding diaryl/α,β-unsaturated/α-hetero) is 1. The van der Waals surface area contributed by atoms with Crippen molar-refractivity contribution in [3.05, 3.63) is 42.5 Å². The number of fused-ring (bicyclic) bond motifs is 1. The molecule has 5 heteroatoms. The Kier molecular flexibility index (Phi) is 5.91. The Morgan fingerprint density at radius 3 is 2.36 bits per heavy atom. The normalized spacial score (nSPS) is 12.1. The second-order valence-electron chi connectivity index (χ2n) is 6.67. The molecule has 1 amide bonds. The second kappa shape index (κ2) is 7.92. The van der Waals surface area contributed by atoms with Crippen molar-refractivity contribution in [1.29, 1.82) is 0 Å².